The zero-order valence-electron chi connectivity index (χ0n) is 8.08. The van der Waals surface area contributed by atoms with E-state index in [4.69, 9.17) is 0 Å². The topological polar surface area (TPSA) is 0 Å². The minimum absolute atomic E-state index is 0.0739. The molecule has 1 fully saturated rings. The van der Waals surface area contributed by atoms with Crippen molar-refractivity contribution in [3.8, 4) is 0 Å². The van der Waals surface area contributed by atoms with E-state index in [1.54, 1.807) is 0 Å². The van der Waals surface area contributed by atoms with Crippen LogP contribution >= 0.6 is 15.3 Å². The van der Waals surface area contributed by atoms with Crippen molar-refractivity contribution in [2.45, 2.75) is 56.7 Å². The molecule has 0 bridgehead atoms. The third-order valence-corrected chi connectivity index (χ3v) is 10.8. The highest BCUT2D eigenvalue weighted by atomic mass is 79.9. The highest BCUT2D eigenvalue weighted by Gasteiger charge is 2.53. The molecule has 4 heteroatoms. The summed E-state index contributed by atoms with van der Waals surface area (Å²) in [4.78, 5) is 0. The van der Waals surface area contributed by atoms with Gasteiger partial charge in [0, 0.05) is 6.42 Å². The van der Waals surface area contributed by atoms with Crippen molar-refractivity contribution < 1.29 is 8.78 Å². The molecule has 1 aliphatic heterocycles. The second-order valence-corrected chi connectivity index (χ2v) is 12.2. The summed E-state index contributed by atoms with van der Waals surface area (Å²) in [7, 11) is 0. The molecule has 1 aliphatic rings. The van der Waals surface area contributed by atoms with E-state index in [1.807, 2.05) is 6.92 Å². The molecule has 0 aromatic rings. The Hall–Kier alpha value is 0.557. The first-order chi connectivity index (χ1) is 6.02. The summed E-state index contributed by atoms with van der Waals surface area (Å²) >= 11 is 3.41. The van der Waals surface area contributed by atoms with Gasteiger partial charge in [0.25, 0.3) is 0 Å². The molecule has 1 rings (SSSR count). The van der Waals surface area contributed by atoms with Gasteiger partial charge in [-0.15, -0.1) is 15.3 Å². The molecule has 0 N–H and O–H groups in total. The Morgan fingerprint density at radius 1 is 1.23 bits per heavy atom. The predicted molar refractivity (Wildman–Crippen MR) is 58.0 cm³/mol. The lowest BCUT2D eigenvalue weighted by molar-refractivity contribution is 0.0712. The molecule has 0 amide bonds. The largest absolute Gasteiger partial charge is 0.241 e. The molecule has 1 heterocycles. The highest BCUT2D eigenvalue weighted by molar-refractivity contribution is 9.26. The fourth-order valence-corrected chi connectivity index (χ4v) is 7.59. The monoisotopic (exact) mass is 270 g/mol. The molecule has 0 aromatic carbocycles. The Balaban J connectivity index is 2.64. The Labute approximate surface area is 87.7 Å². The lowest BCUT2D eigenvalue weighted by Gasteiger charge is -2.36. The first kappa shape index (κ1) is 11.6. The Morgan fingerprint density at radius 3 is 2.23 bits per heavy atom. The molecule has 0 atom stereocenters. The highest BCUT2D eigenvalue weighted by Crippen LogP contribution is 2.46. The van der Waals surface area contributed by atoms with Gasteiger partial charge in [-0.2, -0.15) is 0 Å². The van der Waals surface area contributed by atoms with Gasteiger partial charge in [0.05, 0.1) is 0 Å². The summed E-state index contributed by atoms with van der Waals surface area (Å²) in [5, 5.41) is 0. The van der Waals surface area contributed by atoms with E-state index in [0.717, 1.165) is 31.4 Å². The lowest BCUT2D eigenvalue weighted by atomic mass is 10.3. The minimum Gasteiger partial charge on any atom is -0.211 e. The third-order valence-electron chi connectivity index (χ3n) is 2.87. The van der Waals surface area contributed by atoms with Gasteiger partial charge in [-0.25, -0.2) is 8.78 Å². The molecular weight excluding hydrogens is 254 g/mol. The molecule has 78 valence electrons. The summed E-state index contributed by atoms with van der Waals surface area (Å²) in [5.74, 6) is 0. The molecule has 0 unspecified atom stereocenters. The number of hydrogen-bond acceptors (Lipinski definition) is 0. The first-order valence-electron chi connectivity index (χ1n) is 5.08. The molecule has 0 aliphatic carbocycles. The van der Waals surface area contributed by atoms with E-state index in [9.17, 15) is 8.78 Å². The van der Waals surface area contributed by atoms with Crippen molar-refractivity contribution in [3.63, 3.8) is 0 Å². The van der Waals surface area contributed by atoms with Crippen molar-refractivity contribution >= 4 is 22.0 Å². The van der Waals surface area contributed by atoms with Crippen LogP contribution in [0.15, 0.2) is 0 Å². The smallest absolute Gasteiger partial charge is 0.211 e. The van der Waals surface area contributed by atoms with E-state index >= 15 is 0 Å². The van der Waals surface area contributed by atoms with Crippen LogP contribution in [0.25, 0.3) is 0 Å². The minimum atomic E-state index is -2.41. The van der Waals surface area contributed by atoms with Gasteiger partial charge in [-0.1, -0.05) is 32.6 Å². The van der Waals surface area contributed by atoms with E-state index in [2.05, 4.69) is 15.3 Å². The molecule has 0 saturated carbocycles. The van der Waals surface area contributed by atoms with Crippen LogP contribution in [0.5, 0.6) is 0 Å². The van der Waals surface area contributed by atoms with Crippen molar-refractivity contribution in [2.75, 3.05) is 0 Å². The molecule has 0 radical (unpaired) electrons. The maximum Gasteiger partial charge on any atom is 0.241 e. The molecule has 13 heavy (non-hydrogen) atoms. The van der Waals surface area contributed by atoms with Crippen molar-refractivity contribution in [2.24, 2.45) is 0 Å². The zero-order chi connectivity index (χ0) is 9.95. The van der Waals surface area contributed by atoms with E-state index in [0.29, 0.717) is 6.42 Å². The van der Waals surface area contributed by atoms with Crippen LogP contribution in [0, 0.1) is 0 Å². The van der Waals surface area contributed by atoms with E-state index in [-0.39, 0.29) is 6.42 Å². The molecule has 1 saturated heterocycles. The second-order valence-electron chi connectivity index (χ2n) is 3.98. The molecular formula is C9H17BrF2Si. The van der Waals surface area contributed by atoms with Gasteiger partial charge < -0.3 is 0 Å². The number of rotatable bonds is 3. The summed E-state index contributed by atoms with van der Waals surface area (Å²) in [6, 6.07) is 1.53. The van der Waals surface area contributed by atoms with Crippen molar-refractivity contribution in [1.82, 2.24) is 0 Å². The maximum atomic E-state index is 13.7. The van der Waals surface area contributed by atoms with Crippen molar-refractivity contribution in [3.05, 3.63) is 0 Å². The van der Waals surface area contributed by atoms with E-state index in [1.165, 1.54) is 0 Å². The van der Waals surface area contributed by atoms with Gasteiger partial charge in [0.1, 0.15) is 0 Å². The quantitative estimate of drug-likeness (QED) is 0.524. The van der Waals surface area contributed by atoms with Crippen LogP contribution in [0.3, 0.4) is 0 Å². The molecule has 0 nitrogen and oxygen atoms in total. The van der Waals surface area contributed by atoms with Crippen LogP contribution in [-0.4, -0.2) is 12.2 Å². The number of alkyl halides is 2. The Kier molecular flexibility index (Phi) is 3.92. The van der Waals surface area contributed by atoms with Gasteiger partial charge in [0.2, 0.25) is 12.2 Å². The summed E-state index contributed by atoms with van der Waals surface area (Å²) in [6.07, 6.45) is 3.80. The van der Waals surface area contributed by atoms with Gasteiger partial charge in [-0.3, -0.25) is 0 Å². The number of hydrogen-bond donors (Lipinski definition) is 0. The maximum absolute atomic E-state index is 13.7. The summed E-state index contributed by atoms with van der Waals surface area (Å²) in [5.41, 5.74) is -2.39. The SMILES string of the molecule is CCCC(F)(F)[Si]1(Br)CCCCC1. The Morgan fingerprint density at radius 2 is 1.77 bits per heavy atom. The van der Waals surface area contributed by atoms with E-state index < -0.39 is 12.2 Å². The van der Waals surface area contributed by atoms with Crippen LogP contribution < -0.4 is 0 Å². The Bertz CT molecular complexity index is 167. The van der Waals surface area contributed by atoms with Crippen LogP contribution in [0.1, 0.15) is 39.0 Å². The number of halogens is 3. The third kappa shape index (κ3) is 2.52. The standard InChI is InChI=1S/C9H17BrF2Si/c1-2-6-9(11,12)13(10)7-4-3-5-8-13/h2-8H2,1H3. The zero-order valence-corrected chi connectivity index (χ0v) is 10.7. The van der Waals surface area contributed by atoms with Crippen molar-refractivity contribution in [1.29, 1.82) is 0 Å². The van der Waals surface area contributed by atoms with Gasteiger partial charge in [0.15, 0.2) is 0 Å². The normalized spacial score (nSPS) is 23.1. The lowest BCUT2D eigenvalue weighted by Crippen LogP contribution is -2.48. The summed E-state index contributed by atoms with van der Waals surface area (Å²) in [6.45, 7) is -0.571. The van der Waals surface area contributed by atoms with Crippen LogP contribution in [0.4, 0.5) is 8.78 Å². The predicted octanol–water partition coefficient (Wildman–Crippen LogP) is 4.49. The second kappa shape index (κ2) is 4.38. The van der Waals surface area contributed by atoms with Crippen LogP contribution in [0.2, 0.25) is 12.1 Å². The molecule has 0 aromatic heterocycles. The van der Waals surface area contributed by atoms with Gasteiger partial charge in [-0.05, 0) is 12.1 Å². The average Bonchev–Trinajstić information content (AvgIpc) is 2.05. The average molecular weight is 271 g/mol. The molecule has 0 spiro atoms. The van der Waals surface area contributed by atoms with Gasteiger partial charge >= 0.3 is 0 Å². The fourth-order valence-electron chi connectivity index (χ4n) is 2.02. The summed E-state index contributed by atoms with van der Waals surface area (Å²) < 4.78 is 27.4. The van der Waals surface area contributed by atoms with Crippen LogP contribution in [-0.2, 0) is 0 Å². The fraction of sp³-hybridized carbons (Fsp3) is 1.00. The first-order valence-corrected chi connectivity index (χ1v) is 9.76.